The van der Waals surface area contributed by atoms with Gasteiger partial charge in [0.15, 0.2) is 11.8 Å². The van der Waals surface area contributed by atoms with Gasteiger partial charge in [-0.3, -0.25) is 0 Å². The number of rotatable bonds is 2. The average molecular weight is 267 g/mol. The van der Waals surface area contributed by atoms with Gasteiger partial charge in [0.25, 0.3) is 0 Å². The summed E-state index contributed by atoms with van der Waals surface area (Å²) in [6, 6.07) is 0. The second-order valence-electron chi connectivity index (χ2n) is 3.20. The number of alkyl halides is 3. The average Bonchev–Trinajstić information content (AvgIpc) is 2.63. The second kappa shape index (κ2) is 4.02. The number of hydrogen-bond donors (Lipinski definition) is 1. The van der Waals surface area contributed by atoms with Crippen molar-refractivity contribution in [1.82, 2.24) is 19.9 Å². The monoisotopic (exact) mass is 266 g/mol. The van der Waals surface area contributed by atoms with Crippen LogP contribution in [-0.2, 0) is 0 Å². The summed E-state index contributed by atoms with van der Waals surface area (Å²) in [5, 5.41) is -0.228. The zero-order valence-electron chi connectivity index (χ0n) is 8.42. The zero-order valence-corrected chi connectivity index (χ0v) is 9.17. The van der Waals surface area contributed by atoms with Gasteiger partial charge in [-0.05, 0) is 18.5 Å². The highest BCUT2D eigenvalue weighted by molar-refractivity contribution is 6.28. The van der Waals surface area contributed by atoms with Crippen molar-refractivity contribution in [2.75, 3.05) is 0 Å². The Morgan fingerprint density at radius 2 is 2.12 bits per heavy atom. The molecule has 2 rings (SSSR count). The van der Waals surface area contributed by atoms with E-state index in [1.807, 2.05) is 0 Å². The second-order valence-corrected chi connectivity index (χ2v) is 3.54. The van der Waals surface area contributed by atoms with E-state index < -0.39 is 12.3 Å². The standard InChI is InChI=1S/C8H6ClF3N4O/c1-3(8(10,11)12)17-6-4-5(14-2-13-4)15-7(9)16-6/h2-3H,1H3,(H,13,14,15,16). The number of nitrogens with zero attached hydrogens (tertiary/aromatic N) is 3. The molecule has 0 radical (unpaired) electrons. The van der Waals surface area contributed by atoms with Gasteiger partial charge in [0.1, 0.15) is 5.52 Å². The van der Waals surface area contributed by atoms with Crippen LogP contribution in [0.25, 0.3) is 11.2 Å². The number of aromatic amines is 1. The van der Waals surface area contributed by atoms with Crippen molar-refractivity contribution in [3.05, 3.63) is 11.6 Å². The summed E-state index contributed by atoms with van der Waals surface area (Å²) < 4.78 is 41.7. The Labute approximate surface area is 98.0 Å². The van der Waals surface area contributed by atoms with E-state index >= 15 is 0 Å². The molecule has 0 aliphatic rings. The maximum atomic E-state index is 12.3. The molecular weight excluding hydrogens is 261 g/mol. The number of hydrogen-bond acceptors (Lipinski definition) is 4. The minimum atomic E-state index is -4.48. The lowest BCUT2D eigenvalue weighted by Gasteiger charge is -2.16. The van der Waals surface area contributed by atoms with Gasteiger partial charge in [0, 0.05) is 0 Å². The van der Waals surface area contributed by atoms with Crippen LogP contribution < -0.4 is 4.74 Å². The SMILES string of the molecule is CC(Oc1nc(Cl)nc2nc[nH]c12)C(F)(F)F. The minimum Gasteiger partial charge on any atom is -0.463 e. The van der Waals surface area contributed by atoms with E-state index in [1.165, 1.54) is 6.33 Å². The molecule has 2 heterocycles. The molecule has 0 fully saturated rings. The van der Waals surface area contributed by atoms with Crippen molar-refractivity contribution in [2.45, 2.75) is 19.2 Å². The summed E-state index contributed by atoms with van der Waals surface area (Å²) >= 11 is 5.54. The summed E-state index contributed by atoms with van der Waals surface area (Å²) in [7, 11) is 0. The normalized spacial score (nSPS) is 13.9. The molecule has 0 amide bonds. The molecule has 0 aromatic carbocycles. The number of H-pyrrole nitrogens is 1. The van der Waals surface area contributed by atoms with Crippen molar-refractivity contribution < 1.29 is 17.9 Å². The Bertz CT molecular complexity index is 541. The number of ether oxygens (including phenoxy) is 1. The number of imidazole rings is 1. The van der Waals surface area contributed by atoms with Crippen molar-refractivity contribution in [1.29, 1.82) is 0 Å². The topological polar surface area (TPSA) is 63.7 Å². The fourth-order valence-corrected chi connectivity index (χ4v) is 1.26. The van der Waals surface area contributed by atoms with E-state index in [4.69, 9.17) is 16.3 Å². The number of fused-ring (bicyclic) bond motifs is 1. The molecule has 2 aromatic rings. The molecule has 92 valence electrons. The third-order valence-corrected chi connectivity index (χ3v) is 2.14. The van der Waals surface area contributed by atoms with Crippen LogP contribution in [0.15, 0.2) is 6.33 Å². The van der Waals surface area contributed by atoms with Gasteiger partial charge in [-0.1, -0.05) is 0 Å². The third kappa shape index (κ3) is 2.41. The van der Waals surface area contributed by atoms with E-state index in [0.29, 0.717) is 0 Å². The molecule has 0 bridgehead atoms. The highest BCUT2D eigenvalue weighted by Gasteiger charge is 2.38. The lowest BCUT2D eigenvalue weighted by atomic mass is 10.4. The van der Waals surface area contributed by atoms with Gasteiger partial charge in [-0.15, -0.1) is 0 Å². The number of nitrogens with one attached hydrogen (secondary N) is 1. The van der Waals surface area contributed by atoms with Crippen molar-refractivity contribution in [3.8, 4) is 5.88 Å². The molecule has 0 aliphatic carbocycles. The first-order valence-corrected chi connectivity index (χ1v) is 4.85. The van der Waals surface area contributed by atoms with Crippen LogP contribution in [0.5, 0.6) is 5.88 Å². The predicted octanol–water partition coefficient (Wildman–Crippen LogP) is 2.34. The van der Waals surface area contributed by atoms with E-state index in [-0.39, 0.29) is 22.3 Å². The van der Waals surface area contributed by atoms with Gasteiger partial charge in [0.05, 0.1) is 6.33 Å². The molecule has 0 spiro atoms. The Morgan fingerprint density at radius 3 is 2.76 bits per heavy atom. The molecule has 2 aromatic heterocycles. The van der Waals surface area contributed by atoms with Crippen molar-refractivity contribution in [3.63, 3.8) is 0 Å². The molecule has 1 unspecified atom stereocenters. The Balaban J connectivity index is 2.38. The highest BCUT2D eigenvalue weighted by atomic mass is 35.5. The van der Waals surface area contributed by atoms with E-state index in [2.05, 4.69) is 19.9 Å². The van der Waals surface area contributed by atoms with E-state index in [0.717, 1.165) is 6.92 Å². The number of aromatic nitrogens is 4. The molecule has 0 aliphatic heterocycles. The summed E-state index contributed by atoms with van der Waals surface area (Å²) in [4.78, 5) is 13.6. The molecule has 9 heteroatoms. The van der Waals surface area contributed by atoms with Gasteiger partial charge in [-0.25, -0.2) is 4.98 Å². The maximum Gasteiger partial charge on any atom is 0.425 e. The molecular formula is C8H6ClF3N4O. The van der Waals surface area contributed by atoms with Gasteiger partial charge >= 0.3 is 6.18 Å². The van der Waals surface area contributed by atoms with E-state index in [1.54, 1.807) is 0 Å². The van der Waals surface area contributed by atoms with Crippen molar-refractivity contribution >= 4 is 22.8 Å². The Hall–Kier alpha value is -1.57. The molecule has 0 saturated carbocycles. The Kier molecular flexibility index (Phi) is 2.82. The first-order chi connectivity index (χ1) is 7.88. The predicted molar refractivity (Wildman–Crippen MR) is 52.8 cm³/mol. The summed E-state index contributed by atoms with van der Waals surface area (Å²) in [5.41, 5.74) is 0.319. The maximum absolute atomic E-state index is 12.3. The van der Waals surface area contributed by atoms with Gasteiger partial charge < -0.3 is 9.72 Å². The van der Waals surface area contributed by atoms with Gasteiger partial charge in [-0.2, -0.15) is 23.1 Å². The minimum absolute atomic E-state index is 0.148. The van der Waals surface area contributed by atoms with Crippen LogP contribution in [0.3, 0.4) is 0 Å². The van der Waals surface area contributed by atoms with Gasteiger partial charge in [0.2, 0.25) is 11.2 Å². The highest BCUT2D eigenvalue weighted by Crippen LogP contribution is 2.27. The molecule has 0 saturated heterocycles. The zero-order chi connectivity index (χ0) is 12.6. The van der Waals surface area contributed by atoms with Crippen molar-refractivity contribution in [2.24, 2.45) is 0 Å². The quantitative estimate of drug-likeness (QED) is 0.848. The molecule has 1 atom stereocenters. The van der Waals surface area contributed by atoms with E-state index in [9.17, 15) is 13.2 Å². The van der Waals surface area contributed by atoms with Crippen LogP contribution >= 0.6 is 11.6 Å². The molecule has 17 heavy (non-hydrogen) atoms. The summed E-state index contributed by atoms with van der Waals surface area (Å²) in [6.45, 7) is 0.873. The van der Waals surface area contributed by atoms with Crippen LogP contribution in [0, 0.1) is 0 Å². The smallest absolute Gasteiger partial charge is 0.425 e. The van der Waals surface area contributed by atoms with Crippen LogP contribution in [0.1, 0.15) is 6.92 Å². The molecule has 1 N–H and O–H groups in total. The largest absolute Gasteiger partial charge is 0.463 e. The summed E-state index contributed by atoms with van der Waals surface area (Å²) in [5.74, 6) is -0.276. The Morgan fingerprint density at radius 1 is 1.41 bits per heavy atom. The lowest BCUT2D eigenvalue weighted by Crippen LogP contribution is -2.31. The first kappa shape index (κ1) is 11.9. The summed E-state index contributed by atoms with van der Waals surface area (Å²) in [6.07, 6.45) is -5.22. The lowest BCUT2D eigenvalue weighted by molar-refractivity contribution is -0.189. The van der Waals surface area contributed by atoms with Crippen LogP contribution in [0.2, 0.25) is 5.28 Å². The molecule has 5 nitrogen and oxygen atoms in total. The van der Waals surface area contributed by atoms with Crippen LogP contribution in [-0.4, -0.2) is 32.2 Å². The van der Waals surface area contributed by atoms with Crippen LogP contribution in [0.4, 0.5) is 13.2 Å². The fourth-order valence-electron chi connectivity index (χ4n) is 1.10. The first-order valence-electron chi connectivity index (χ1n) is 4.48. The fraction of sp³-hybridized carbons (Fsp3) is 0.375. The number of halogens is 4. The third-order valence-electron chi connectivity index (χ3n) is 1.97.